The first-order valence-electron chi connectivity index (χ1n) is 8.93. The number of hydrogen-bond donors (Lipinski definition) is 2. The Morgan fingerprint density at radius 2 is 1.81 bits per heavy atom. The topological polar surface area (TPSA) is 75.4 Å². The van der Waals surface area contributed by atoms with Crippen molar-refractivity contribution in [2.75, 3.05) is 18.0 Å². The molecule has 0 spiro atoms. The summed E-state index contributed by atoms with van der Waals surface area (Å²) >= 11 is 0. The van der Waals surface area contributed by atoms with Crippen molar-refractivity contribution in [2.24, 2.45) is 11.7 Å². The van der Waals surface area contributed by atoms with Gasteiger partial charge in [-0.2, -0.15) is 0 Å². The molecular weight excluding hydrogens is 362 g/mol. The van der Waals surface area contributed by atoms with E-state index in [1.54, 1.807) is 4.90 Å². The minimum absolute atomic E-state index is 0. The summed E-state index contributed by atoms with van der Waals surface area (Å²) in [7, 11) is 0. The molecule has 1 saturated heterocycles. The Labute approximate surface area is 166 Å². The summed E-state index contributed by atoms with van der Waals surface area (Å²) in [6.45, 7) is 4.89. The normalized spacial score (nSPS) is 17.4. The first kappa shape index (κ1) is 20.9. The second kappa shape index (κ2) is 9.02. The van der Waals surface area contributed by atoms with Crippen LogP contribution in [-0.4, -0.2) is 24.9 Å². The predicted octanol–water partition coefficient (Wildman–Crippen LogP) is 2.89. The molecule has 1 aliphatic heterocycles. The lowest BCUT2D eigenvalue weighted by molar-refractivity contribution is -0.132. The van der Waals surface area contributed by atoms with E-state index < -0.39 is 5.92 Å². The van der Waals surface area contributed by atoms with Crippen LogP contribution in [0.5, 0.6) is 0 Å². The summed E-state index contributed by atoms with van der Waals surface area (Å²) in [6, 6.07) is 15.4. The third-order valence-corrected chi connectivity index (χ3v) is 4.76. The molecule has 0 saturated carbocycles. The lowest BCUT2D eigenvalue weighted by atomic mass is 10.1. The number of halogens is 1. The van der Waals surface area contributed by atoms with Crippen molar-refractivity contribution in [1.29, 1.82) is 0 Å². The van der Waals surface area contributed by atoms with E-state index in [1.165, 1.54) is 0 Å². The fourth-order valence-electron chi connectivity index (χ4n) is 3.44. The van der Waals surface area contributed by atoms with Crippen molar-refractivity contribution < 1.29 is 9.59 Å². The maximum absolute atomic E-state index is 12.7. The summed E-state index contributed by atoms with van der Waals surface area (Å²) in [4.78, 5) is 26.9. The summed E-state index contributed by atoms with van der Waals surface area (Å²) in [5, 5.41) is 2.84. The van der Waals surface area contributed by atoms with Gasteiger partial charge in [-0.25, -0.2) is 0 Å². The molecule has 0 radical (unpaired) electrons. The zero-order valence-electron chi connectivity index (χ0n) is 15.6. The van der Waals surface area contributed by atoms with Crippen LogP contribution in [0.4, 0.5) is 5.69 Å². The lowest BCUT2D eigenvalue weighted by Crippen LogP contribution is -2.39. The van der Waals surface area contributed by atoms with E-state index in [0.29, 0.717) is 19.5 Å². The molecule has 2 unspecified atom stereocenters. The molecule has 144 valence electrons. The van der Waals surface area contributed by atoms with Gasteiger partial charge in [0.2, 0.25) is 11.8 Å². The zero-order chi connectivity index (χ0) is 18.7. The fraction of sp³-hybridized carbons (Fsp3) is 0.333. The van der Waals surface area contributed by atoms with Gasteiger partial charge in [0, 0.05) is 24.8 Å². The van der Waals surface area contributed by atoms with Crippen LogP contribution >= 0.6 is 12.4 Å². The highest BCUT2D eigenvalue weighted by molar-refractivity contribution is 6.09. The first-order valence-corrected chi connectivity index (χ1v) is 8.93. The van der Waals surface area contributed by atoms with E-state index >= 15 is 0 Å². The highest BCUT2D eigenvalue weighted by Crippen LogP contribution is 2.27. The summed E-state index contributed by atoms with van der Waals surface area (Å²) in [6.07, 6.45) is 0.526. The van der Waals surface area contributed by atoms with Crippen LogP contribution in [0.3, 0.4) is 0 Å². The van der Waals surface area contributed by atoms with Gasteiger partial charge < -0.3 is 16.0 Å². The average molecular weight is 388 g/mol. The Morgan fingerprint density at radius 3 is 2.44 bits per heavy atom. The third-order valence-electron chi connectivity index (χ3n) is 4.76. The quantitative estimate of drug-likeness (QED) is 0.774. The van der Waals surface area contributed by atoms with Crippen molar-refractivity contribution in [3.8, 4) is 0 Å². The van der Waals surface area contributed by atoms with Gasteiger partial charge in [-0.1, -0.05) is 36.4 Å². The fourth-order valence-corrected chi connectivity index (χ4v) is 3.44. The molecule has 3 rings (SSSR count). The van der Waals surface area contributed by atoms with E-state index in [4.69, 9.17) is 5.73 Å². The standard InChI is InChI=1S/C21H25N3O2.ClH/c1-14-10-15(2)12-17(11-14)24-9-8-18(21(24)26)20(25)23-13-19(22)16-6-4-3-5-7-16;/h3-7,10-12,18-19H,8-9,13,22H2,1-2H3,(H,23,25);1H. The van der Waals surface area contributed by atoms with Crippen LogP contribution in [0.2, 0.25) is 0 Å². The van der Waals surface area contributed by atoms with Crippen LogP contribution in [0.25, 0.3) is 0 Å². The number of nitrogens with two attached hydrogens (primary N) is 1. The van der Waals surface area contributed by atoms with Gasteiger partial charge in [0.15, 0.2) is 0 Å². The molecular formula is C21H26ClN3O2. The molecule has 0 aliphatic carbocycles. The summed E-state index contributed by atoms with van der Waals surface area (Å²) in [5.74, 6) is -1.02. The molecule has 2 aromatic carbocycles. The van der Waals surface area contributed by atoms with Crippen molar-refractivity contribution in [1.82, 2.24) is 5.32 Å². The number of aryl methyl sites for hydroxylation is 2. The Morgan fingerprint density at radius 1 is 1.19 bits per heavy atom. The van der Waals surface area contributed by atoms with Crippen molar-refractivity contribution in [2.45, 2.75) is 26.3 Å². The number of nitrogens with zero attached hydrogens (tertiary/aromatic N) is 1. The number of carbonyl (C=O) groups is 2. The maximum Gasteiger partial charge on any atom is 0.239 e. The summed E-state index contributed by atoms with van der Waals surface area (Å²) in [5.41, 5.74) is 10.2. The molecule has 2 amide bonds. The molecule has 5 nitrogen and oxygen atoms in total. The minimum Gasteiger partial charge on any atom is -0.354 e. The van der Waals surface area contributed by atoms with Gasteiger partial charge in [0.25, 0.3) is 0 Å². The summed E-state index contributed by atoms with van der Waals surface area (Å²) < 4.78 is 0. The van der Waals surface area contributed by atoms with Crippen LogP contribution in [0.15, 0.2) is 48.5 Å². The Hall–Kier alpha value is -2.37. The van der Waals surface area contributed by atoms with Crippen molar-refractivity contribution in [3.63, 3.8) is 0 Å². The van der Waals surface area contributed by atoms with E-state index in [-0.39, 0.29) is 30.3 Å². The van der Waals surface area contributed by atoms with Crippen LogP contribution in [-0.2, 0) is 9.59 Å². The number of amides is 2. The van der Waals surface area contributed by atoms with Crippen molar-refractivity contribution >= 4 is 29.9 Å². The first-order chi connectivity index (χ1) is 12.5. The average Bonchev–Trinajstić information content (AvgIpc) is 3.01. The van der Waals surface area contributed by atoms with Crippen molar-refractivity contribution in [3.05, 3.63) is 65.2 Å². The number of carbonyl (C=O) groups excluding carboxylic acids is 2. The van der Waals surface area contributed by atoms with E-state index in [1.807, 2.05) is 56.3 Å². The monoisotopic (exact) mass is 387 g/mol. The van der Waals surface area contributed by atoms with Gasteiger partial charge in [-0.05, 0) is 49.1 Å². The van der Waals surface area contributed by atoms with Gasteiger partial charge in [0.05, 0.1) is 0 Å². The lowest BCUT2D eigenvalue weighted by Gasteiger charge is -2.19. The smallest absolute Gasteiger partial charge is 0.239 e. The molecule has 6 heteroatoms. The SMILES string of the molecule is Cc1cc(C)cc(N2CCC(C(=O)NCC(N)c3ccccc3)C2=O)c1.Cl. The molecule has 27 heavy (non-hydrogen) atoms. The van der Waals surface area contributed by atoms with E-state index in [0.717, 1.165) is 22.4 Å². The molecule has 0 bridgehead atoms. The van der Waals surface area contributed by atoms with E-state index in [2.05, 4.69) is 11.4 Å². The second-order valence-electron chi connectivity index (χ2n) is 6.94. The van der Waals surface area contributed by atoms with Gasteiger partial charge in [-0.3, -0.25) is 9.59 Å². The van der Waals surface area contributed by atoms with Gasteiger partial charge in [0.1, 0.15) is 5.92 Å². The van der Waals surface area contributed by atoms with Crippen LogP contribution < -0.4 is 16.0 Å². The molecule has 2 atom stereocenters. The maximum atomic E-state index is 12.7. The van der Waals surface area contributed by atoms with Gasteiger partial charge in [-0.15, -0.1) is 12.4 Å². The zero-order valence-corrected chi connectivity index (χ0v) is 16.5. The third kappa shape index (κ3) is 4.87. The number of hydrogen-bond acceptors (Lipinski definition) is 3. The largest absolute Gasteiger partial charge is 0.354 e. The van der Waals surface area contributed by atoms with E-state index in [9.17, 15) is 9.59 Å². The number of anilines is 1. The van der Waals surface area contributed by atoms with Gasteiger partial charge >= 0.3 is 0 Å². The molecule has 1 aliphatic rings. The molecule has 1 heterocycles. The Kier molecular flexibility index (Phi) is 6.99. The second-order valence-corrected chi connectivity index (χ2v) is 6.94. The number of nitrogens with one attached hydrogen (secondary N) is 1. The minimum atomic E-state index is -0.640. The van der Waals surface area contributed by atoms with Crippen LogP contribution in [0.1, 0.15) is 29.2 Å². The van der Waals surface area contributed by atoms with Crippen LogP contribution in [0, 0.1) is 19.8 Å². The highest BCUT2D eigenvalue weighted by Gasteiger charge is 2.37. The predicted molar refractivity (Wildman–Crippen MR) is 110 cm³/mol. The molecule has 3 N–H and O–H groups in total. The Bertz CT molecular complexity index is 790. The number of rotatable bonds is 5. The molecule has 0 aromatic heterocycles. The highest BCUT2D eigenvalue weighted by atomic mass is 35.5. The molecule has 2 aromatic rings. The Balaban J connectivity index is 0.00000261. The molecule has 1 fully saturated rings. The number of benzene rings is 2.